The highest BCUT2D eigenvalue weighted by atomic mass is 16.5. The third-order valence-corrected chi connectivity index (χ3v) is 3.11. The molecule has 1 rings (SSSR count). The van der Waals surface area contributed by atoms with Crippen LogP contribution in [0.25, 0.3) is 0 Å². The number of nitrogens with zero attached hydrogens (tertiary/aromatic N) is 1. The van der Waals surface area contributed by atoms with E-state index in [0.29, 0.717) is 32.2 Å². The molecule has 1 fully saturated rings. The Hall–Kier alpha value is -1.14. The summed E-state index contributed by atoms with van der Waals surface area (Å²) in [5, 5.41) is 5.04. The Labute approximate surface area is 114 Å². The first-order valence-electron chi connectivity index (χ1n) is 6.84. The molecule has 2 atom stereocenters. The van der Waals surface area contributed by atoms with E-state index in [0.717, 1.165) is 0 Å². The molecule has 6 heteroatoms. The summed E-state index contributed by atoms with van der Waals surface area (Å²) in [5.41, 5.74) is 0. The number of carbonyl (C=O) groups is 2. The molecule has 3 amide bonds. The summed E-state index contributed by atoms with van der Waals surface area (Å²) < 4.78 is 5.43. The van der Waals surface area contributed by atoms with Gasteiger partial charge in [0.15, 0.2) is 0 Å². The Morgan fingerprint density at radius 3 is 2.63 bits per heavy atom. The molecule has 0 aromatic rings. The van der Waals surface area contributed by atoms with Crippen LogP contribution in [0.15, 0.2) is 0 Å². The highest BCUT2D eigenvalue weighted by molar-refractivity contribution is 5.96. The molecule has 2 unspecified atom stereocenters. The van der Waals surface area contributed by atoms with Gasteiger partial charge in [-0.25, -0.2) is 4.79 Å². The van der Waals surface area contributed by atoms with Crippen molar-refractivity contribution in [3.63, 3.8) is 0 Å². The average molecular weight is 271 g/mol. The van der Waals surface area contributed by atoms with E-state index in [1.807, 2.05) is 32.6 Å². The van der Waals surface area contributed by atoms with Crippen LogP contribution in [0, 0.1) is 5.92 Å². The van der Waals surface area contributed by atoms with Crippen LogP contribution in [-0.4, -0.2) is 55.2 Å². The second-order valence-corrected chi connectivity index (χ2v) is 5.45. The van der Waals surface area contributed by atoms with Gasteiger partial charge >= 0.3 is 6.03 Å². The minimum atomic E-state index is -0.424. The standard InChI is InChI=1S/C13H25N3O3/c1-9(2)7-14-13(18)15-12(17)11(4)16-5-6-19-10(3)8-16/h9-11H,5-8H2,1-4H3,(H2,14,15,17,18). The molecule has 0 radical (unpaired) electrons. The van der Waals surface area contributed by atoms with Gasteiger partial charge in [-0.1, -0.05) is 13.8 Å². The lowest BCUT2D eigenvalue weighted by Gasteiger charge is -2.34. The Kier molecular flexibility index (Phi) is 6.24. The van der Waals surface area contributed by atoms with Crippen molar-refractivity contribution in [2.75, 3.05) is 26.2 Å². The number of carbonyl (C=O) groups excluding carboxylic acids is 2. The Bertz CT molecular complexity index is 320. The fourth-order valence-electron chi connectivity index (χ4n) is 1.92. The van der Waals surface area contributed by atoms with Crippen LogP contribution < -0.4 is 10.6 Å². The molecule has 110 valence electrons. The van der Waals surface area contributed by atoms with Crippen molar-refractivity contribution in [2.24, 2.45) is 5.92 Å². The topological polar surface area (TPSA) is 70.7 Å². The van der Waals surface area contributed by atoms with E-state index >= 15 is 0 Å². The van der Waals surface area contributed by atoms with E-state index in [1.54, 1.807) is 0 Å². The first-order valence-corrected chi connectivity index (χ1v) is 6.84. The van der Waals surface area contributed by atoms with E-state index < -0.39 is 6.03 Å². The van der Waals surface area contributed by atoms with Gasteiger partial charge in [-0.05, 0) is 19.8 Å². The Balaban J connectivity index is 2.37. The van der Waals surface area contributed by atoms with Gasteiger partial charge in [0, 0.05) is 19.6 Å². The Morgan fingerprint density at radius 1 is 1.37 bits per heavy atom. The maximum atomic E-state index is 11.9. The predicted molar refractivity (Wildman–Crippen MR) is 72.8 cm³/mol. The number of amides is 3. The van der Waals surface area contributed by atoms with Crippen LogP contribution in [0.3, 0.4) is 0 Å². The quantitative estimate of drug-likeness (QED) is 0.784. The van der Waals surface area contributed by atoms with E-state index in [-0.39, 0.29) is 18.1 Å². The van der Waals surface area contributed by atoms with Crippen LogP contribution in [0.4, 0.5) is 4.79 Å². The minimum absolute atomic E-state index is 0.124. The van der Waals surface area contributed by atoms with Gasteiger partial charge in [0.25, 0.3) is 0 Å². The summed E-state index contributed by atoms with van der Waals surface area (Å²) in [7, 11) is 0. The van der Waals surface area contributed by atoms with Gasteiger partial charge in [-0.3, -0.25) is 15.0 Å². The first kappa shape index (κ1) is 15.9. The fraction of sp³-hybridized carbons (Fsp3) is 0.846. The highest BCUT2D eigenvalue weighted by Gasteiger charge is 2.26. The lowest BCUT2D eigenvalue weighted by Crippen LogP contribution is -2.54. The van der Waals surface area contributed by atoms with Crippen LogP contribution in [0.2, 0.25) is 0 Å². The molecule has 0 bridgehead atoms. The molecular weight excluding hydrogens is 246 g/mol. The van der Waals surface area contributed by atoms with Crippen molar-refractivity contribution in [1.29, 1.82) is 0 Å². The van der Waals surface area contributed by atoms with Crippen LogP contribution in [0.1, 0.15) is 27.7 Å². The summed E-state index contributed by atoms with van der Waals surface area (Å²) in [4.78, 5) is 25.5. The molecule has 0 aliphatic carbocycles. The van der Waals surface area contributed by atoms with E-state index in [9.17, 15) is 9.59 Å². The highest BCUT2D eigenvalue weighted by Crippen LogP contribution is 2.08. The number of morpholine rings is 1. The van der Waals surface area contributed by atoms with E-state index in [4.69, 9.17) is 4.74 Å². The summed E-state index contributed by atoms with van der Waals surface area (Å²) in [6.07, 6.45) is 0.124. The molecule has 0 aromatic heterocycles. The van der Waals surface area contributed by atoms with Gasteiger partial charge in [0.2, 0.25) is 5.91 Å². The monoisotopic (exact) mass is 271 g/mol. The third-order valence-electron chi connectivity index (χ3n) is 3.11. The summed E-state index contributed by atoms with van der Waals surface area (Å²) in [6.45, 7) is 10.4. The number of urea groups is 1. The van der Waals surface area contributed by atoms with E-state index in [2.05, 4.69) is 10.6 Å². The number of imide groups is 1. The van der Waals surface area contributed by atoms with Crippen molar-refractivity contribution >= 4 is 11.9 Å². The molecule has 0 saturated carbocycles. The number of hydrogen-bond acceptors (Lipinski definition) is 4. The van der Waals surface area contributed by atoms with E-state index in [1.165, 1.54) is 0 Å². The van der Waals surface area contributed by atoms with Crippen molar-refractivity contribution < 1.29 is 14.3 Å². The number of nitrogens with one attached hydrogen (secondary N) is 2. The molecular formula is C13H25N3O3. The molecule has 1 heterocycles. The lowest BCUT2D eigenvalue weighted by atomic mass is 10.2. The largest absolute Gasteiger partial charge is 0.376 e. The maximum absolute atomic E-state index is 11.9. The van der Waals surface area contributed by atoms with Gasteiger partial charge in [0.1, 0.15) is 0 Å². The number of ether oxygens (including phenoxy) is 1. The molecule has 0 spiro atoms. The number of rotatable bonds is 4. The number of hydrogen-bond donors (Lipinski definition) is 2. The average Bonchev–Trinajstić information content (AvgIpc) is 2.35. The zero-order chi connectivity index (χ0) is 14.4. The predicted octanol–water partition coefficient (Wildman–Crippen LogP) is 0.577. The summed E-state index contributed by atoms with van der Waals surface area (Å²) in [5.74, 6) is 0.0914. The smallest absolute Gasteiger partial charge is 0.321 e. The second kappa shape index (κ2) is 7.45. The van der Waals surface area contributed by atoms with Gasteiger partial charge in [-0.15, -0.1) is 0 Å². The summed E-state index contributed by atoms with van der Waals surface area (Å²) >= 11 is 0. The normalized spacial score (nSPS) is 22.1. The zero-order valence-corrected chi connectivity index (χ0v) is 12.2. The maximum Gasteiger partial charge on any atom is 0.321 e. The van der Waals surface area contributed by atoms with Crippen molar-refractivity contribution in [3.05, 3.63) is 0 Å². The van der Waals surface area contributed by atoms with Crippen LogP contribution in [-0.2, 0) is 9.53 Å². The van der Waals surface area contributed by atoms with Crippen LogP contribution >= 0.6 is 0 Å². The van der Waals surface area contributed by atoms with Gasteiger partial charge in [-0.2, -0.15) is 0 Å². The lowest BCUT2D eigenvalue weighted by molar-refractivity contribution is -0.127. The van der Waals surface area contributed by atoms with Gasteiger partial charge < -0.3 is 10.1 Å². The fourth-order valence-corrected chi connectivity index (χ4v) is 1.92. The van der Waals surface area contributed by atoms with Crippen molar-refractivity contribution in [1.82, 2.24) is 15.5 Å². The van der Waals surface area contributed by atoms with Crippen molar-refractivity contribution in [2.45, 2.75) is 39.8 Å². The SMILES string of the molecule is CC(C)CNC(=O)NC(=O)C(C)N1CCOC(C)C1. The molecule has 2 N–H and O–H groups in total. The molecule has 19 heavy (non-hydrogen) atoms. The molecule has 1 saturated heterocycles. The summed E-state index contributed by atoms with van der Waals surface area (Å²) in [6, 6.07) is -0.747. The minimum Gasteiger partial charge on any atom is -0.376 e. The molecule has 1 aliphatic rings. The first-order chi connectivity index (χ1) is 8.90. The zero-order valence-electron chi connectivity index (χ0n) is 12.2. The molecule has 0 aromatic carbocycles. The third kappa shape index (κ3) is 5.57. The van der Waals surface area contributed by atoms with Gasteiger partial charge in [0.05, 0.1) is 18.8 Å². The molecule has 1 aliphatic heterocycles. The molecule has 6 nitrogen and oxygen atoms in total. The van der Waals surface area contributed by atoms with Crippen molar-refractivity contribution in [3.8, 4) is 0 Å². The Morgan fingerprint density at radius 2 is 2.05 bits per heavy atom. The van der Waals surface area contributed by atoms with Crippen LogP contribution in [0.5, 0.6) is 0 Å². The second-order valence-electron chi connectivity index (χ2n) is 5.45.